The molecule has 0 amide bonds. The number of halogens is 1. The molecule has 4 N–H and O–H groups in total. The van der Waals surface area contributed by atoms with E-state index in [1.165, 1.54) is 0 Å². The van der Waals surface area contributed by atoms with Crippen LogP contribution in [0.4, 0.5) is 0 Å². The second kappa shape index (κ2) is 9.09. The van der Waals surface area contributed by atoms with Gasteiger partial charge in [0.15, 0.2) is 0 Å². The van der Waals surface area contributed by atoms with Crippen LogP contribution in [-0.4, -0.2) is 23.0 Å². The van der Waals surface area contributed by atoms with E-state index in [1.807, 2.05) is 48.5 Å². The van der Waals surface area contributed by atoms with Crippen molar-refractivity contribution in [3.05, 3.63) is 89.2 Å². The lowest BCUT2D eigenvalue weighted by atomic mass is 9.79. The Morgan fingerprint density at radius 1 is 1.17 bits per heavy atom. The molecule has 8 heteroatoms. The van der Waals surface area contributed by atoms with Gasteiger partial charge in [0.25, 0.3) is 0 Å². The summed E-state index contributed by atoms with van der Waals surface area (Å²) in [5.74, 6) is 0.492. The average molecular weight is 410 g/mol. The Morgan fingerprint density at radius 2 is 2.00 bits per heavy atom. The fraction of sp³-hybridized carbons (Fsp3) is 0.143. The fourth-order valence-electron chi connectivity index (χ4n) is 3.38. The van der Waals surface area contributed by atoms with Crippen molar-refractivity contribution in [1.82, 2.24) is 4.98 Å². The molecule has 0 bridgehead atoms. The number of nitrogens with one attached hydrogen (secondary N) is 1. The maximum atomic E-state index is 10.1. The standard InChI is InChI=1S/C21H20BN3O3.ClH/c23-21(24)17-8-7-14(10-19(17)27-13-15-4-3-9-25-12-15)11-20-16-5-1-2-6-18(16)22(26)28-20;/h1-10,12,20,26H,11,13H2,(H3,23,24);1H. The summed E-state index contributed by atoms with van der Waals surface area (Å²) >= 11 is 0. The average Bonchev–Trinajstić information content (AvgIpc) is 3.03. The Hall–Kier alpha value is -2.87. The third-order valence-electron chi connectivity index (χ3n) is 4.78. The van der Waals surface area contributed by atoms with Gasteiger partial charge in [0.1, 0.15) is 18.2 Å². The Kier molecular flexibility index (Phi) is 6.54. The summed E-state index contributed by atoms with van der Waals surface area (Å²) in [4.78, 5) is 4.08. The lowest BCUT2D eigenvalue weighted by molar-refractivity contribution is 0.190. The van der Waals surface area contributed by atoms with Gasteiger partial charge in [-0.1, -0.05) is 36.4 Å². The monoisotopic (exact) mass is 409 g/mol. The van der Waals surface area contributed by atoms with Gasteiger partial charge in [-0.25, -0.2) is 0 Å². The van der Waals surface area contributed by atoms with Gasteiger partial charge < -0.3 is 20.1 Å². The van der Waals surface area contributed by atoms with Gasteiger partial charge in [-0.15, -0.1) is 12.4 Å². The van der Waals surface area contributed by atoms with Crippen LogP contribution in [0.3, 0.4) is 0 Å². The number of nitrogens with zero attached hydrogens (tertiary/aromatic N) is 1. The van der Waals surface area contributed by atoms with Crippen molar-refractivity contribution in [2.45, 2.75) is 19.1 Å². The molecule has 0 spiro atoms. The zero-order valence-electron chi connectivity index (χ0n) is 15.6. The summed E-state index contributed by atoms with van der Waals surface area (Å²) in [7, 11) is -0.904. The molecule has 1 aliphatic heterocycles. The second-order valence-corrected chi connectivity index (χ2v) is 6.70. The van der Waals surface area contributed by atoms with E-state index in [1.54, 1.807) is 18.5 Å². The van der Waals surface area contributed by atoms with Gasteiger partial charge in [0, 0.05) is 24.4 Å². The van der Waals surface area contributed by atoms with Gasteiger partial charge >= 0.3 is 7.12 Å². The summed E-state index contributed by atoms with van der Waals surface area (Å²) in [5, 5.41) is 17.9. The van der Waals surface area contributed by atoms with Crippen LogP contribution in [0.25, 0.3) is 0 Å². The minimum Gasteiger partial charge on any atom is -0.488 e. The van der Waals surface area contributed by atoms with Crippen molar-refractivity contribution < 1.29 is 14.4 Å². The molecule has 1 unspecified atom stereocenters. The van der Waals surface area contributed by atoms with Gasteiger partial charge in [0.05, 0.1) is 11.7 Å². The molecular formula is C21H21BClN3O3. The Labute approximate surface area is 175 Å². The number of hydrogen-bond acceptors (Lipinski definition) is 5. The molecule has 29 heavy (non-hydrogen) atoms. The van der Waals surface area contributed by atoms with Crippen LogP contribution in [0.1, 0.15) is 28.4 Å². The molecule has 0 saturated heterocycles. The lowest BCUT2D eigenvalue weighted by Crippen LogP contribution is -2.27. The number of fused-ring (bicyclic) bond motifs is 1. The van der Waals surface area contributed by atoms with Crippen LogP contribution < -0.4 is 15.9 Å². The maximum Gasteiger partial charge on any atom is 0.491 e. The number of ether oxygens (including phenoxy) is 1. The molecule has 2 aromatic carbocycles. The predicted molar refractivity (Wildman–Crippen MR) is 115 cm³/mol. The van der Waals surface area contributed by atoms with Crippen molar-refractivity contribution in [2.75, 3.05) is 0 Å². The maximum absolute atomic E-state index is 10.1. The highest BCUT2D eigenvalue weighted by Gasteiger charge is 2.34. The number of benzene rings is 2. The molecule has 148 valence electrons. The number of hydrogen-bond donors (Lipinski definition) is 3. The molecule has 0 saturated carbocycles. The first kappa shape index (κ1) is 20.9. The number of amidine groups is 1. The summed E-state index contributed by atoms with van der Waals surface area (Å²) in [6.45, 7) is 0.332. The lowest BCUT2D eigenvalue weighted by Gasteiger charge is -2.16. The number of rotatable bonds is 6. The predicted octanol–water partition coefficient (Wildman–Crippen LogP) is 2.37. The van der Waals surface area contributed by atoms with Crippen LogP contribution in [0, 0.1) is 5.41 Å². The van der Waals surface area contributed by atoms with E-state index < -0.39 is 7.12 Å². The van der Waals surface area contributed by atoms with Crippen molar-refractivity contribution in [1.29, 1.82) is 5.41 Å². The Morgan fingerprint density at radius 3 is 2.76 bits per heavy atom. The second-order valence-electron chi connectivity index (χ2n) is 6.70. The van der Waals surface area contributed by atoms with Crippen LogP contribution in [0.5, 0.6) is 5.75 Å². The summed E-state index contributed by atoms with van der Waals surface area (Å²) in [6.07, 6.45) is 3.79. The van der Waals surface area contributed by atoms with Gasteiger partial charge in [-0.05, 0) is 34.8 Å². The molecule has 0 aliphatic carbocycles. The third kappa shape index (κ3) is 4.59. The van der Waals surface area contributed by atoms with Crippen LogP contribution in [-0.2, 0) is 17.7 Å². The summed E-state index contributed by atoms with van der Waals surface area (Å²) in [5.41, 5.74) is 9.95. The highest BCUT2D eigenvalue weighted by Crippen LogP contribution is 2.29. The van der Waals surface area contributed by atoms with Crippen LogP contribution >= 0.6 is 12.4 Å². The van der Waals surface area contributed by atoms with E-state index in [2.05, 4.69) is 4.98 Å². The Bertz CT molecular complexity index is 1000. The SMILES string of the molecule is Cl.N=C(N)c1ccc(CC2OB(O)c3ccccc32)cc1OCc1cccnc1. The highest BCUT2D eigenvalue weighted by atomic mass is 35.5. The first-order valence-corrected chi connectivity index (χ1v) is 9.03. The van der Waals surface area contributed by atoms with Crippen molar-refractivity contribution >= 4 is 30.8 Å². The van der Waals surface area contributed by atoms with Crippen molar-refractivity contribution in [3.63, 3.8) is 0 Å². The minimum absolute atomic E-state index is 0. The summed E-state index contributed by atoms with van der Waals surface area (Å²) in [6, 6.07) is 17.0. The van der Waals surface area contributed by atoms with E-state index in [0.29, 0.717) is 24.3 Å². The van der Waals surface area contributed by atoms with Gasteiger partial charge in [-0.3, -0.25) is 10.4 Å². The molecule has 1 atom stereocenters. The van der Waals surface area contributed by atoms with E-state index in [9.17, 15) is 5.02 Å². The highest BCUT2D eigenvalue weighted by molar-refractivity contribution is 6.61. The zero-order valence-corrected chi connectivity index (χ0v) is 16.4. The third-order valence-corrected chi connectivity index (χ3v) is 4.78. The van der Waals surface area contributed by atoms with Crippen molar-refractivity contribution in [3.8, 4) is 5.75 Å². The topological polar surface area (TPSA) is 101 Å². The van der Waals surface area contributed by atoms with Gasteiger partial charge in [-0.2, -0.15) is 0 Å². The zero-order chi connectivity index (χ0) is 19.5. The van der Waals surface area contributed by atoms with Gasteiger partial charge in [0.2, 0.25) is 0 Å². The number of nitrogen functional groups attached to an aromatic ring is 1. The molecule has 0 radical (unpaired) electrons. The van der Waals surface area contributed by atoms with E-state index >= 15 is 0 Å². The summed E-state index contributed by atoms with van der Waals surface area (Å²) < 4.78 is 11.7. The Balaban J connectivity index is 0.00000240. The quantitative estimate of drug-likeness (QED) is 0.330. The first-order chi connectivity index (χ1) is 13.6. The van der Waals surface area contributed by atoms with E-state index in [4.69, 9.17) is 20.5 Å². The van der Waals surface area contributed by atoms with Crippen molar-refractivity contribution in [2.24, 2.45) is 5.73 Å². The first-order valence-electron chi connectivity index (χ1n) is 9.03. The van der Waals surface area contributed by atoms with Crippen LogP contribution in [0.2, 0.25) is 0 Å². The molecule has 1 aromatic heterocycles. The number of aromatic nitrogens is 1. The number of pyridine rings is 1. The fourth-order valence-corrected chi connectivity index (χ4v) is 3.38. The smallest absolute Gasteiger partial charge is 0.488 e. The largest absolute Gasteiger partial charge is 0.491 e. The minimum atomic E-state index is -0.904. The molecule has 1 aliphatic rings. The van der Waals surface area contributed by atoms with E-state index in [0.717, 1.165) is 22.2 Å². The molecule has 2 heterocycles. The number of nitrogens with two attached hydrogens (primary N) is 1. The van der Waals surface area contributed by atoms with E-state index in [-0.39, 0.29) is 24.3 Å². The van der Waals surface area contributed by atoms with Crippen LogP contribution in [0.15, 0.2) is 67.0 Å². The molecule has 4 rings (SSSR count). The molecule has 6 nitrogen and oxygen atoms in total. The normalized spacial score (nSPS) is 14.8. The molecule has 0 fully saturated rings. The molecule has 3 aromatic rings. The molecular weight excluding hydrogens is 389 g/mol.